The molecule has 1 N–H and O–H groups in total. The first-order chi connectivity index (χ1) is 7.29. The van der Waals surface area contributed by atoms with Gasteiger partial charge in [-0.2, -0.15) is 0 Å². The van der Waals surface area contributed by atoms with E-state index in [1.54, 1.807) is 6.20 Å². The van der Waals surface area contributed by atoms with Crippen LogP contribution < -0.4 is 0 Å². The second kappa shape index (κ2) is 4.43. The molecule has 0 aliphatic heterocycles. The highest BCUT2D eigenvalue weighted by Gasteiger charge is 1.99. The van der Waals surface area contributed by atoms with Gasteiger partial charge < -0.3 is 5.11 Å². The van der Waals surface area contributed by atoms with Crippen molar-refractivity contribution in [2.24, 2.45) is 0 Å². The lowest BCUT2D eigenvalue weighted by molar-refractivity contribution is 0.281. The molecule has 0 atom stereocenters. The molecule has 2 nitrogen and oxygen atoms in total. The second-order valence-electron chi connectivity index (χ2n) is 3.22. The Morgan fingerprint density at radius 1 is 1.20 bits per heavy atom. The molecule has 0 saturated carbocycles. The molecular weight excluding hydrogens is 210 g/mol. The minimum Gasteiger partial charge on any atom is -0.392 e. The van der Waals surface area contributed by atoms with E-state index in [2.05, 4.69) is 4.98 Å². The number of rotatable bonds is 2. The molecule has 1 heterocycles. The molecule has 0 aliphatic rings. The number of aliphatic hydroxyl groups is 1. The minimum absolute atomic E-state index is 0.0167. The van der Waals surface area contributed by atoms with Crippen molar-refractivity contribution in [2.75, 3.05) is 0 Å². The molecule has 1 aromatic carbocycles. The Morgan fingerprint density at radius 2 is 2.07 bits per heavy atom. The van der Waals surface area contributed by atoms with E-state index < -0.39 is 0 Å². The summed E-state index contributed by atoms with van der Waals surface area (Å²) in [6, 6.07) is 11.3. The normalized spacial score (nSPS) is 10.3. The van der Waals surface area contributed by atoms with Gasteiger partial charge in [-0.05, 0) is 23.8 Å². The Hall–Kier alpha value is -1.38. The number of pyridine rings is 1. The van der Waals surface area contributed by atoms with Crippen LogP contribution in [0.3, 0.4) is 0 Å². The van der Waals surface area contributed by atoms with Gasteiger partial charge in [-0.15, -0.1) is 0 Å². The number of nitrogens with zero attached hydrogens (tertiary/aromatic N) is 1. The molecule has 0 amide bonds. The molecule has 0 unspecified atom stereocenters. The molecule has 0 radical (unpaired) electrons. The van der Waals surface area contributed by atoms with E-state index in [1.807, 2.05) is 36.4 Å². The number of aromatic nitrogens is 1. The Kier molecular flexibility index (Phi) is 2.99. The predicted molar refractivity (Wildman–Crippen MR) is 60.6 cm³/mol. The molecule has 0 spiro atoms. The smallest absolute Gasteiger partial charge is 0.0702 e. The largest absolute Gasteiger partial charge is 0.392 e. The lowest BCUT2D eigenvalue weighted by atomic mass is 10.1. The number of aliphatic hydroxyl groups excluding tert-OH is 1. The molecule has 0 bridgehead atoms. The van der Waals surface area contributed by atoms with Gasteiger partial charge >= 0.3 is 0 Å². The van der Waals surface area contributed by atoms with Gasteiger partial charge in [0.2, 0.25) is 0 Å². The Balaban J connectivity index is 2.37. The maximum atomic E-state index is 8.88. The van der Waals surface area contributed by atoms with E-state index in [0.29, 0.717) is 5.02 Å². The quantitative estimate of drug-likeness (QED) is 0.843. The first-order valence-electron chi connectivity index (χ1n) is 4.61. The van der Waals surface area contributed by atoms with Crippen LogP contribution in [0.2, 0.25) is 5.02 Å². The second-order valence-corrected chi connectivity index (χ2v) is 3.66. The summed E-state index contributed by atoms with van der Waals surface area (Å²) in [6.07, 6.45) is 1.66. The van der Waals surface area contributed by atoms with Crippen molar-refractivity contribution in [1.29, 1.82) is 0 Å². The lowest BCUT2D eigenvalue weighted by Gasteiger charge is -2.02. The van der Waals surface area contributed by atoms with Crippen LogP contribution in [0.1, 0.15) is 5.56 Å². The zero-order chi connectivity index (χ0) is 10.7. The van der Waals surface area contributed by atoms with E-state index in [0.717, 1.165) is 16.8 Å². The average molecular weight is 220 g/mol. The Bertz CT molecular complexity index is 453. The fourth-order valence-corrected chi connectivity index (χ4v) is 1.53. The molecule has 15 heavy (non-hydrogen) atoms. The van der Waals surface area contributed by atoms with Crippen LogP contribution in [0.25, 0.3) is 11.3 Å². The lowest BCUT2D eigenvalue weighted by Crippen LogP contribution is -1.87. The zero-order valence-electron chi connectivity index (χ0n) is 8.02. The summed E-state index contributed by atoms with van der Waals surface area (Å²) in [7, 11) is 0. The molecule has 0 saturated heterocycles. The molecular formula is C12H10ClNO. The van der Waals surface area contributed by atoms with Crippen molar-refractivity contribution in [3.63, 3.8) is 0 Å². The first-order valence-corrected chi connectivity index (χ1v) is 4.99. The fraction of sp³-hybridized carbons (Fsp3) is 0.0833. The number of hydrogen-bond acceptors (Lipinski definition) is 2. The van der Waals surface area contributed by atoms with Crippen LogP contribution in [-0.2, 0) is 6.61 Å². The van der Waals surface area contributed by atoms with E-state index in [9.17, 15) is 0 Å². The highest BCUT2D eigenvalue weighted by atomic mass is 35.5. The number of halogens is 1. The van der Waals surface area contributed by atoms with Crippen LogP contribution in [0, 0.1) is 0 Å². The van der Waals surface area contributed by atoms with Gasteiger partial charge in [0.05, 0.1) is 12.3 Å². The van der Waals surface area contributed by atoms with E-state index in [4.69, 9.17) is 16.7 Å². The van der Waals surface area contributed by atoms with Crippen LogP contribution in [0.15, 0.2) is 42.6 Å². The zero-order valence-corrected chi connectivity index (χ0v) is 8.78. The molecule has 0 fully saturated rings. The van der Waals surface area contributed by atoms with Gasteiger partial charge in [0.15, 0.2) is 0 Å². The topological polar surface area (TPSA) is 33.1 Å². The van der Waals surface area contributed by atoms with E-state index in [1.165, 1.54) is 0 Å². The predicted octanol–water partition coefficient (Wildman–Crippen LogP) is 2.89. The van der Waals surface area contributed by atoms with Crippen LogP contribution in [0.5, 0.6) is 0 Å². The molecule has 2 rings (SSSR count). The van der Waals surface area contributed by atoms with Crippen LogP contribution in [0.4, 0.5) is 0 Å². The van der Waals surface area contributed by atoms with Crippen molar-refractivity contribution in [3.8, 4) is 11.3 Å². The highest BCUT2D eigenvalue weighted by molar-refractivity contribution is 6.30. The van der Waals surface area contributed by atoms with Crippen molar-refractivity contribution in [2.45, 2.75) is 6.61 Å². The van der Waals surface area contributed by atoms with Gasteiger partial charge in [-0.1, -0.05) is 29.8 Å². The van der Waals surface area contributed by atoms with Gasteiger partial charge in [0.1, 0.15) is 0 Å². The van der Waals surface area contributed by atoms with E-state index >= 15 is 0 Å². The monoisotopic (exact) mass is 219 g/mol. The standard InChI is InChI=1S/C12H10ClNO/c13-11-3-1-2-10(6-11)12-5-4-9(8-15)7-14-12/h1-7,15H,8H2. The number of hydrogen-bond donors (Lipinski definition) is 1. The third kappa shape index (κ3) is 2.35. The SMILES string of the molecule is OCc1ccc(-c2cccc(Cl)c2)nc1. The van der Waals surface area contributed by atoms with Crippen molar-refractivity contribution < 1.29 is 5.11 Å². The third-order valence-corrected chi connectivity index (χ3v) is 2.36. The number of benzene rings is 1. The van der Waals surface area contributed by atoms with Gasteiger partial charge in [-0.3, -0.25) is 4.98 Å². The maximum absolute atomic E-state index is 8.88. The summed E-state index contributed by atoms with van der Waals surface area (Å²) in [5.41, 5.74) is 2.64. The van der Waals surface area contributed by atoms with Crippen LogP contribution >= 0.6 is 11.6 Å². The summed E-state index contributed by atoms with van der Waals surface area (Å²) in [4.78, 5) is 4.24. The summed E-state index contributed by atoms with van der Waals surface area (Å²) >= 11 is 5.89. The summed E-state index contributed by atoms with van der Waals surface area (Å²) in [6.45, 7) is 0.0167. The molecule has 2 aromatic rings. The van der Waals surface area contributed by atoms with Crippen molar-refractivity contribution in [3.05, 3.63) is 53.2 Å². The summed E-state index contributed by atoms with van der Waals surface area (Å²) in [5.74, 6) is 0. The minimum atomic E-state index is 0.0167. The van der Waals surface area contributed by atoms with Crippen molar-refractivity contribution in [1.82, 2.24) is 4.98 Å². The van der Waals surface area contributed by atoms with Gasteiger partial charge in [0, 0.05) is 16.8 Å². The average Bonchev–Trinajstić information content (AvgIpc) is 2.29. The fourth-order valence-electron chi connectivity index (χ4n) is 1.34. The van der Waals surface area contributed by atoms with Crippen molar-refractivity contribution >= 4 is 11.6 Å². The molecule has 3 heteroatoms. The highest BCUT2D eigenvalue weighted by Crippen LogP contribution is 2.20. The van der Waals surface area contributed by atoms with Gasteiger partial charge in [0.25, 0.3) is 0 Å². The van der Waals surface area contributed by atoms with E-state index in [-0.39, 0.29) is 6.61 Å². The molecule has 76 valence electrons. The van der Waals surface area contributed by atoms with Crippen LogP contribution in [-0.4, -0.2) is 10.1 Å². The third-order valence-electron chi connectivity index (χ3n) is 2.13. The Morgan fingerprint density at radius 3 is 2.67 bits per heavy atom. The Labute approximate surface area is 93.2 Å². The first kappa shape index (κ1) is 10.1. The molecule has 1 aromatic heterocycles. The molecule has 0 aliphatic carbocycles. The van der Waals surface area contributed by atoms with Gasteiger partial charge in [-0.25, -0.2) is 0 Å². The summed E-state index contributed by atoms with van der Waals surface area (Å²) in [5, 5.41) is 9.58. The maximum Gasteiger partial charge on any atom is 0.0702 e. The summed E-state index contributed by atoms with van der Waals surface area (Å²) < 4.78 is 0.